The predicted molar refractivity (Wildman–Crippen MR) is 76.7 cm³/mol. The van der Waals surface area contributed by atoms with Crippen LogP contribution in [-0.4, -0.2) is 36.0 Å². The van der Waals surface area contributed by atoms with Crippen molar-refractivity contribution in [2.45, 2.75) is 51.6 Å². The summed E-state index contributed by atoms with van der Waals surface area (Å²) < 4.78 is 0. The summed E-state index contributed by atoms with van der Waals surface area (Å²) in [5, 5.41) is 3.73. The van der Waals surface area contributed by atoms with Crippen molar-refractivity contribution < 1.29 is 4.79 Å². The van der Waals surface area contributed by atoms with Crippen molar-refractivity contribution in [3.05, 3.63) is 12.2 Å². The molecule has 1 amide bonds. The minimum atomic E-state index is 0.337. The largest absolute Gasteiger partial charge is 0.341 e. The maximum atomic E-state index is 11.6. The summed E-state index contributed by atoms with van der Waals surface area (Å²) in [7, 11) is 0. The van der Waals surface area contributed by atoms with Crippen molar-refractivity contribution in [3.63, 3.8) is 0 Å². The van der Waals surface area contributed by atoms with E-state index in [1.807, 2.05) is 4.90 Å². The third-order valence-electron chi connectivity index (χ3n) is 5.19. The fourth-order valence-corrected chi connectivity index (χ4v) is 4.25. The van der Waals surface area contributed by atoms with Gasteiger partial charge in [0.1, 0.15) is 0 Å². The van der Waals surface area contributed by atoms with E-state index in [2.05, 4.69) is 31.3 Å². The van der Waals surface area contributed by atoms with E-state index in [1.54, 1.807) is 0 Å². The molecule has 3 rings (SSSR count). The number of amides is 1. The van der Waals surface area contributed by atoms with Crippen LogP contribution in [0.3, 0.4) is 0 Å². The third-order valence-corrected chi connectivity index (χ3v) is 5.19. The number of hydrogen-bond donors (Lipinski definition) is 1. The van der Waals surface area contributed by atoms with E-state index >= 15 is 0 Å². The molecular weight excluding hydrogens is 236 g/mol. The number of carbonyl (C=O) groups is 1. The first-order valence-electron chi connectivity index (χ1n) is 7.85. The number of nitrogens with zero attached hydrogens (tertiary/aromatic N) is 1. The number of carbonyl (C=O) groups excluding carboxylic acids is 1. The highest BCUT2D eigenvalue weighted by atomic mass is 16.2. The molecule has 0 aromatic carbocycles. The fourth-order valence-electron chi connectivity index (χ4n) is 4.25. The molecular formula is C16H26N2O. The Morgan fingerprint density at radius 2 is 2.21 bits per heavy atom. The molecule has 1 heterocycles. The number of fused-ring (bicyclic) bond motifs is 2. The first-order valence-corrected chi connectivity index (χ1v) is 7.85. The first kappa shape index (κ1) is 13.2. The van der Waals surface area contributed by atoms with Gasteiger partial charge in [0, 0.05) is 31.6 Å². The highest BCUT2D eigenvalue weighted by Crippen LogP contribution is 2.44. The lowest BCUT2D eigenvalue weighted by molar-refractivity contribution is -0.128. The fraction of sp³-hybridized carbons (Fsp3) is 0.812. The van der Waals surface area contributed by atoms with Crippen LogP contribution in [0.4, 0.5) is 0 Å². The molecule has 3 nitrogen and oxygen atoms in total. The van der Waals surface area contributed by atoms with Crippen molar-refractivity contribution in [3.8, 4) is 0 Å². The topological polar surface area (TPSA) is 32.3 Å². The van der Waals surface area contributed by atoms with E-state index in [-0.39, 0.29) is 0 Å². The predicted octanol–water partition coefficient (Wildman–Crippen LogP) is 2.19. The van der Waals surface area contributed by atoms with Crippen LogP contribution in [-0.2, 0) is 4.79 Å². The SMILES string of the molecule is CC(CN1CCCC1=O)NC(C)C1CC2C=CC1C2. The van der Waals surface area contributed by atoms with Crippen molar-refractivity contribution in [1.82, 2.24) is 10.2 Å². The molecule has 3 heteroatoms. The minimum absolute atomic E-state index is 0.337. The van der Waals surface area contributed by atoms with Gasteiger partial charge in [0.15, 0.2) is 0 Å². The van der Waals surface area contributed by atoms with Gasteiger partial charge in [-0.2, -0.15) is 0 Å². The molecule has 1 N–H and O–H groups in total. The summed E-state index contributed by atoms with van der Waals surface area (Å²) >= 11 is 0. The molecule has 0 aromatic rings. The van der Waals surface area contributed by atoms with Crippen LogP contribution in [0, 0.1) is 17.8 Å². The van der Waals surface area contributed by atoms with E-state index in [0.717, 1.165) is 43.7 Å². The monoisotopic (exact) mass is 262 g/mol. The van der Waals surface area contributed by atoms with Crippen LogP contribution < -0.4 is 5.32 Å². The van der Waals surface area contributed by atoms with E-state index in [1.165, 1.54) is 12.8 Å². The lowest BCUT2D eigenvalue weighted by Crippen LogP contribution is -2.46. The molecule has 0 aromatic heterocycles. The highest BCUT2D eigenvalue weighted by Gasteiger charge is 2.38. The zero-order chi connectivity index (χ0) is 13.4. The minimum Gasteiger partial charge on any atom is -0.341 e. The maximum absolute atomic E-state index is 11.6. The number of nitrogens with one attached hydrogen (secondary N) is 1. The van der Waals surface area contributed by atoms with E-state index < -0.39 is 0 Å². The molecule has 2 bridgehead atoms. The molecule has 2 aliphatic carbocycles. The zero-order valence-electron chi connectivity index (χ0n) is 12.1. The Balaban J connectivity index is 1.48. The molecule has 19 heavy (non-hydrogen) atoms. The Bertz CT molecular complexity index is 379. The number of likely N-dealkylation sites (tertiary alicyclic amines) is 1. The van der Waals surface area contributed by atoms with Crippen LogP contribution in [0.1, 0.15) is 39.5 Å². The summed E-state index contributed by atoms with van der Waals surface area (Å²) in [5.74, 6) is 2.78. The van der Waals surface area contributed by atoms with Gasteiger partial charge in [0.05, 0.1) is 0 Å². The Kier molecular flexibility index (Phi) is 3.66. The van der Waals surface area contributed by atoms with Crippen molar-refractivity contribution in [2.75, 3.05) is 13.1 Å². The standard InChI is InChI=1S/C16H26N2O/c1-11(10-18-7-3-4-16(18)19)17-12(2)15-9-13-5-6-14(15)8-13/h5-6,11-15,17H,3-4,7-10H2,1-2H3. The van der Waals surface area contributed by atoms with Gasteiger partial charge in [-0.15, -0.1) is 0 Å². The van der Waals surface area contributed by atoms with Gasteiger partial charge in [-0.05, 0) is 50.9 Å². The van der Waals surface area contributed by atoms with Gasteiger partial charge in [-0.3, -0.25) is 4.79 Å². The van der Waals surface area contributed by atoms with E-state index in [0.29, 0.717) is 18.0 Å². The number of rotatable bonds is 5. The normalized spacial score (nSPS) is 36.2. The van der Waals surface area contributed by atoms with Crippen LogP contribution in [0.15, 0.2) is 12.2 Å². The second-order valence-electron chi connectivity index (χ2n) is 6.74. The van der Waals surface area contributed by atoms with Crippen molar-refractivity contribution in [1.29, 1.82) is 0 Å². The summed E-state index contributed by atoms with van der Waals surface area (Å²) in [5.41, 5.74) is 0. The van der Waals surface area contributed by atoms with Crippen LogP contribution in [0.2, 0.25) is 0 Å². The second-order valence-corrected chi connectivity index (χ2v) is 6.74. The quantitative estimate of drug-likeness (QED) is 0.770. The summed E-state index contributed by atoms with van der Waals surface area (Å²) in [6.45, 7) is 6.36. The molecule has 106 valence electrons. The summed E-state index contributed by atoms with van der Waals surface area (Å²) in [6, 6.07) is 0.966. The van der Waals surface area contributed by atoms with Gasteiger partial charge >= 0.3 is 0 Å². The maximum Gasteiger partial charge on any atom is 0.222 e. The lowest BCUT2D eigenvalue weighted by Gasteiger charge is -2.30. The average molecular weight is 262 g/mol. The molecule has 1 aliphatic heterocycles. The van der Waals surface area contributed by atoms with Crippen LogP contribution in [0.5, 0.6) is 0 Å². The average Bonchev–Trinajstić information content (AvgIpc) is 3.06. The summed E-state index contributed by atoms with van der Waals surface area (Å²) in [4.78, 5) is 13.7. The van der Waals surface area contributed by atoms with Crippen LogP contribution in [0.25, 0.3) is 0 Å². The number of allylic oxidation sites excluding steroid dienone is 2. The van der Waals surface area contributed by atoms with Gasteiger partial charge in [0.2, 0.25) is 5.91 Å². The first-order chi connectivity index (χ1) is 9.13. The highest BCUT2D eigenvalue weighted by molar-refractivity contribution is 5.78. The molecule has 1 saturated heterocycles. The lowest BCUT2D eigenvalue weighted by atomic mass is 9.87. The number of hydrogen-bond acceptors (Lipinski definition) is 2. The molecule has 1 saturated carbocycles. The molecule has 3 aliphatic rings. The smallest absolute Gasteiger partial charge is 0.222 e. The van der Waals surface area contributed by atoms with E-state index in [9.17, 15) is 4.79 Å². The van der Waals surface area contributed by atoms with Gasteiger partial charge in [0.25, 0.3) is 0 Å². The Labute approximate surface area is 116 Å². The van der Waals surface area contributed by atoms with Gasteiger partial charge in [-0.25, -0.2) is 0 Å². The molecule has 0 radical (unpaired) electrons. The second kappa shape index (κ2) is 5.28. The van der Waals surface area contributed by atoms with Gasteiger partial charge in [-0.1, -0.05) is 12.2 Å². The van der Waals surface area contributed by atoms with Crippen LogP contribution >= 0.6 is 0 Å². The Hall–Kier alpha value is -0.830. The third kappa shape index (κ3) is 2.71. The Morgan fingerprint density at radius 1 is 1.37 bits per heavy atom. The molecule has 2 fully saturated rings. The summed E-state index contributed by atoms with van der Waals surface area (Å²) in [6.07, 6.45) is 9.34. The van der Waals surface area contributed by atoms with Crippen molar-refractivity contribution >= 4 is 5.91 Å². The van der Waals surface area contributed by atoms with E-state index in [4.69, 9.17) is 0 Å². The Morgan fingerprint density at radius 3 is 2.79 bits per heavy atom. The van der Waals surface area contributed by atoms with Crippen molar-refractivity contribution in [2.24, 2.45) is 17.8 Å². The zero-order valence-corrected chi connectivity index (χ0v) is 12.1. The van der Waals surface area contributed by atoms with Gasteiger partial charge < -0.3 is 10.2 Å². The molecule has 0 spiro atoms. The molecule has 5 unspecified atom stereocenters. The molecule has 5 atom stereocenters.